The molecule has 0 bridgehead atoms. The van der Waals surface area contributed by atoms with Crippen LogP contribution in [0.5, 0.6) is 11.5 Å². The summed E-state index contributed by atoms with van der Waals surface area (Å²) in [6.45, 7) is 4.52. The molecule has 1 atom stereocenters. The van der Waals surface area contributed by atoms with Crippen LogP contribution in [-0.2, 0) is 4.74 Å². The number of morpholine rings is 1. The maximum Gasteiger partial charge on any atom is 0.195 e. The molecule has 0 aromatic heterocycles. The van der Waals surface area contributed by atoms with Gasteiger partial charge in [0.25, 0.3) is 0 Å². The molecule has 0 radical (unpaired) electrons. The van der Waals surface area contributed by atoms with E-state index in [9.17, 15) is 0 Å². The van der Waals surface area contributed by atoms with Gasteiger partial charge in [-0.05, 0) is 24.3 Å². The van der Waals surface area contributed by atoms with Crippen LogP contribution in [0.4, 0.5) is 5.69 Å². The van der Waals surface area contributed by atoms with E-state index in [0.29, 0.717) is 11.5 Å². The zero-order valence-electron chi connectivity index (χ0n) is 16.4. The van der Waals surface area contributed by atoms with Crippen molar-refractivity contribution in [3.05, 3.63) is 18.2 Å². The number of guanidine groups is 1. The van der Waals surface area contributed by atoms with Crippen LogP contribution in [0.3, 0.4) is 0 Å². The van der Waals surface area contributed by atoms with Crippen LogP contribution in [0.15, 0.2) is 23.2 Å². The summed E-state index contributed by atoms with van der Waals surface area (Å²) in [5.41, 5.74) is 1.07. The predicted molar refractivity (Wildman–Crippen MR) is 112 cm³/mol. The fourth-order valence-electron chi connectivity index (χ4n) is 3.61. The zero-order chi connectivity index (χ0) is 19.1. The van der Waals surface area contributed by atoms with Crippen LogP contribution in [0.1, 0.15) is 6.42 Å². The Labute approximate surface area is 165 Å². The Morgan fingerprint density at radius 1 is 1.26 bits per heavy atom. The third-order valence-electron chi connectivity index (χ3n) is 5.22. The van der Waals surface area contributed by atoms with Gasteiger partial charge in [-0.1, -0.05) is 0 Å². The van der Waals surface area contributed by atoms with Gasteiger partial charge in [-0.25, -0.2) is 0 Å². The van der Waals surface area contributed by atoms with Crippen molar-refractivity contribution in [3.8, 4) is 11.5 Å². The van der Waals surface area contributed by atoms with Crippen molar-refractivity contribution in [2.24, 2.45) is 4.99 Å². The van der Waals surface area contributed by atoms with Crippen molar-refractivity contribution >= 4 is 23.4 Å². The molecule has 0 amide bonds. The Kier molecular flexibility index (Phi) is 7.09. The summed E-state index contributed by atoms with van der Waals surface area (Å²) in [5.74, 6) is 4.51. The number of aliphatic imine (C=N–C) groups is 1. The van der Waals surface area contributed by atoms with Gasteiger partial charge in [0, 0.05) is 49.7 Å². The molecule has 0 spiro atoms. The van der Waals surface area contributed by atoms with E-state index in [1.54, 1.807) is 21.3 Å². The lowest BCUT2D eigenvalue weighted by molar-refractivity contribution is -0.0119. The van der Waals surface area contributed by atoms with Crippen molar-refractivity contribution < 1.29 is 14.2 Å². The number of benzene rings is 1. The molecule has 2 aliphatic rings. The minimum Gasteiger partial charge on any atom is -0.493 e. The van der Waals surface area contributed by atoms with Gasteiger partial charge in [-0.3, -0.25) is 9.89 Å². The Morgan fingerprint density at radius 3 is 2.67 bits per heavy atom. The molecule has 150 valence electrons. The first kappa shape index (κ1) is 20.1. The molecule has 2 fully saturated rings. The van der Waals surface area contributed by atoms with Crippen LogP contribution in [0, 0.1) is 0 Å². The molecule has 1 unspecified atom stereocenters. The van der Waals surface area contributed by atoms with E-state index < -0.39 is 0 Å². The number of thioether (sulfide) groups is 1. The second kappa shape index (κ2) is 9.52. The highest BCUT2D eigenvalue weighted by molar-refractivity contribution is 7.99. The standard InChI is InChI=1S/C19H30N4O3S/c1-20-18(22-15-4-5-16(24-2)17(12-15)25-3)21-13-19(6-11-27-14-19)23-7-9-26-10-8-23/h4-5,12H,6-11,13-14H2,1-3H3,(H2,20,21,22). The van der Waals surface area contributed by atoms with Gasteiger partial charge in [-0.15, -0.1) is 0 Å². The minimum atomic E-state index is 0.170. The molecule has 0 aliphatic carbocycles. The highest BCUT2D eigenvalue weighted by atomic mass is 32.2. The smallest absolute Gasteiger partial charge is 0.195 e. The molecule has 0 saturated carbocycles. The van der Waals surface area contributed by atoms with E-state index in [4.69, 9.17) is 14.2 Å². The van der Waals surface area contributed by atoms with Gasteiger partial charge in [-0.2, -0.15) is 11.8 Å². The quantitative estimate of drug-likeness (QED) is 0.564. The average Bonchev–Trinajstić information content (AvgIpc) is 3.21. The number of anilines is 1. The first-order chi connectivity index (χ1) is 13.2. The summed E-state index contributed by atoms with van der Waals surface area (Å²) >= 11 is 2.03. The summed E-state index contributed by atoms with van der Waals surface area (Å²) in [6, 6.07) is 5.75. The van der Waals surface area contributed by atoms with Crippen molar-refractivity contribution in [2.75, 3.05) is 70.9 Å². The molecule has 2 heterocycles. The van der Waals surface area contributed by atoms with E-state index in [1.807, 2.05) is 30.0 Å². The van der Waals surface area contributed by atoms with E-state index in [2.05, 4.69) is 20.5 Å². The molecule has 7 nitrogen and oxygen atoms in total. The topological polar surface area (TPSA) is 67.4 Å². The van der Waals surface area contributed by atoms with Gasteiger partial charge in [0.2, 0.25) is 0 Å². The van der Waals surface area contributed by atoms with Crippen molar-refractivity contribution in [3.63, 3.8) is 0 Å². The molecule has 1 aromatic rings. The fraction of sp³-hybridized carbons (Fsp3) is 0.632. The van der Waals surface area contributed by atoms with Gasteiger partial charge >= 0.3 is 0 Å². The third kappa shape index (κ3) is 4.80. The lowest BCUT2D eigenvalue weighted by atomic mass is 9.95. The second-order valence-electron chi connectivity index (χ2n) is 6.75. The fourth-order valence-corrected chi connectivity index (χ4v) is 5.09. The highest BCUT2D eigenvalue weighted by Gasteiger charge is 2.40. The number of hydrogen-bond donors (Lipinski definition) is 2. The van der Waals surface area contributed by atoms with Gasteiger partial charge in [0.1, 0.15) is 0 Å². The molecular formula is C19H30N4O3S. The largest absolute Gasteiger partial charge is 0.493 e. The normalized spacial score (nSPS) is 23.9. The molecule has 2 N–H and O–H groups in total. The maximum atomic E-state index is 5.54. The van der Waals surface area contributed by atoms with Crippen LogP contribution >= 0.6 is 11.8 Å². The number of rotatable bonds is 6. The Bertz CT molecular complexity index is 644. The van der Waals surface area contributed by atoms with E-state index in [1.165, 1.54) is 12.2 Å². The molecule has 27 heavy (non-hydrogen) atoms. The number of ether oxygens (including phenoxy) is 3. The molecule has 3 rings (SSSR count). The zero-order valence-corrected chi connectivity index (χ0v) is 17.2. The van der Waals surface area contributed by atoms with Crippen LogP contribution in [0.25, 0.3) is 0 Å². The Morgan fingerprint density at radius 2 is 2.04 bits per heavy atom. The average molecular weight is 395 g/mol. The molecule has 8 heteroatoms. The second-order valence-corrected chi connectivity index (χ2v) is 7.85. The van der Waals surface area contributed by atoms with Crippen molar-refractivity contribution in [1.82, 2.24) is 10.2 Å². The predicted octanol–water partition coefficient (Wildman–Crippen LogP) is 1.90. The van der Waals surface area contributed by atoms with Crippen molar-refractivity contribution in [1.29, 1.82) is 0 Å². The number of nitrogens with zero attached hydrogens (tertiary/aromatic N) is 2. The highest BCUT2D eigenvalue weighted by Crippen LogP contribution is 2.34. The summed E-state index contributed by atoms with van der Waals surface area (Å²) in [7, 11) is 5.07. The third-order valence-corrected chi connectivity index (χ3v) is 6.45. The summed E-state index contributed by atoms with van der Waals surface area (Å²) in [5, 5.41) is 6.89. The van der Waals surface area contributed by atoms with E-state index in [-0.39, 0.29) is 5.54 Å². The van der Waals surface area contributed by atoms with Gasteiger partial charge in [0.05, 0.1) is 27.4 Å². The number of methoxy groups -OCH3 is 2. The van der Waals surface area contributed by atoms with Gasteiger partial charge < -0.3 is 24.8 Å². The Balaban J connectivity index is 1.64. The Hall–Kier alpha value is -1.64. The molecule has 1 aromatic carbocycles. The number of nitrogens with one attached hydrogen (secondary N) is 2. The number of hydrogen-bond acceptors (Lipinski definition) is 6. The van der Waals surface area contributed by atoms with Gasteiger partial charge in [0.15, 0.2) is 17.5 Å². The monoisotopic (exact) mass is 394 g/mol. The molecule has 2 saturated heterocycles. The van der Waals surface area contributed by atoms with Crippen molar-refractivity contribution in [2.45, 2.75) is 12.0 Å². The minimum absolute atomic E-state index is 0.170. The van der Waals surface area contributed by atoms with E-state index >= 15 is 0 Å². The first-order valence-corrected chi connectivity index (χ1v) is 10.5. The lowest BCUT2D eigenvalue weighted by Crippen LogP contribution is -2.59. The van der Waals surface area contributed by atoms with Crippen LogP contribution in [0.2, 0.25) is 0 Å². The first-order valence-electron chi connectivity index (χ1n) is 9.31. The lowest BCUT2D eigenvalue weighted by Gasteiger charge is -2.43. The maximum absolute atomic E-state index is 5.54. The SMILES string of the molecule is CN=C(NCC1(N2CCOCC2)CCSC1)Nc1ccc(OC)c(OC)c1. The summed E-state index contributed by atoms with van der Waals surface area (Å²) in [6.07, 6.45) is 1.19. The molecular weight excluding hydrogens is 364 g/mol. The molecule has 2 aliphatic heterocycles. The van der Waals surface area contributed by atoms with Crippen LogP contribution in [-0.4, -0.2) is 82.0 Å². The van der Waals surface area contributed by atoms with Crippen LogP contribution < -0.4 is 20.1 Å². The van der Waals surface area contributed by atoms with E-state index in [0.717, 1.165) is 50.2 Å². The summed E-state index contributed by atoms with van der Waals surface area (Å²) in [4.78, 5) is 6.98. The summed E-state index contributed by atoms with van der Waals surface area (Å²) < 4.78 is 16.2.